The highest BCUT2D eigenvalue weighted by atomic mass is 16.3. The molecule has 8 heteroatoms. The van der Waals surface area contributed by atoms with Gasteiger partial charge in [0.25, 0.3) is 5.91 Å². The molecule has 1 N–H and O–H groups in total. The van der Waals surface area contributed by atoms with Gasteiger partial charge in [-0.15, -0.1) is 5.10 Å². The van der Waals surface area contributed by atoms with Crippen molar-refractivity contribution in [3.63, 3.8) is 0 Å². The van der Waals surface area contributed by atoms with Crippen molar-refractivity contribution in [2.24, 2.45) is 5.92 Å². The number of nitriles is 1. The van der Waals surface area contributed by atoms with Crippen molar-refractivity contribution in [3.05, 3.63) is 30.2 Å². The molecule has 2 heterocycles. The van der Waals surface area contributed by atoms with Crippen LogP contribution in [0.2, 0.25) is 0 Å². The molecule has 25 heavy (non-hydrogen) atoms. The number of carbonyl (C=O) groups is 1. The summed E-state index contributed by atoms with van der Waals surface area (Å²) in [5.74, 6) is 0.191. The zero-order chi connectivity index (χ0) is 17.3. The zero-order valence-electron chi connectivity index (χ0n) is 13.9. The molecule has 2 aliphatic carbocycles. The molecule has 0 bridgehead atoms. The Labute approximate surface area is 145 Å². The summed E-state index contributed by atoms with van der Waals surface area (Å²) in [5, 5.41) is 20.8. The largest absolute Gasteiger partial charge is 0.438 e. The van der Waals surface area contributed by atoms with Crippen molar-refractivity contribution in [1.29, 1.82) is 5.26 Å². The summed E-state index contributed by atoms with van der Waals surface area (Å²) in [5.41, 5.74) is 0.165. The van der Waals surface area contributed by atoms with Crippen LogP contribution in [0.4, 0.5) is 0 Å². The van der Waals surface area contributed by atoms with Gasteiger partial charge in [0.2, 0.25) is 5.76 Å². The quantitative estimate of drug-likeness (QED) is 0.894. The lowest BCUT2D eigenvalue weighted by atomic mass is 9.82. The number of hydrogen-bond acceptors (Lipinski definition) is 6. The fourth-order valence-corrected chi connectivity index (χ4v) is 3.58. The highest BCUT2D eigenvalue weighted by Gasteiger charge is 2.47. The van der Waals surface area contributed by atoms with Gasteiger partial charge in [-0.3, -0.25) is 4.79 Å². The third-order valence-corrected chi connectivity index (χ3v) is 5.26. The molecule has 2 aromatic heterocycles. The summed E-state index contributed by atoms with van der Waals surface area (Å²) in [6.07, 6.45) is 11.7. The first-order chi connectivity index (χ1) is 12.2. The molecule has 0 radical (unpaired) electrons. The van der Waals surface area contributed by atoms with Crippen molar-refractivity contribution in [2.75, 3.05) is 0 Å². The molecule has 130 valence electrons. The monoisotopic (exact) mass is 340 g/mol. The predicted octanol–water partition coefficient (Wildman–Crippen LogP) is 2.33. The molecular weight excluding hydrogens is 320 g/mol. The highest BCUT2D eigenvalue weighted by molar-refractivity contribution is 5.91. The van der Waals surface area contributed by atoms with E-state index in [2.05, 4.69) is 26.7 Å². The van der Waals surface area contributed by atoms with E-state index in [1.54, 1.807) is 4.68 Å². The third-order valence-electron chi connectivity index (χ3n) is 5.26. The fourth-order valence-electron chi connectivity index (χ4n) is 3.58. The van der Waals surface area contributed by atoms with Crippen LogP contribution in [0.3, 0.4) is 0 Å². The van der Waals surface area contributed by atoms with E-state index in [9.17, 15) is 10.1 Å². The molecule has 0 aliphatic heterocycles. The first-order valence-corrected chi connectivity index (χ1v) is 8.75. The molecule has 2 aliphatic rings. The van der Waals surface area contributed by atoms with Crippen LogP contribution in [0.5, 0.6) is 0 Å². The van der Waals surface area contributed by atoms with Gasteiger partial charge >= 0.3 is 0 Å². The molecule has 1 amide bonds. The highest BCUT2D eigenvalue weighted by Crippen LogP contribution is 2.42. The van der Waals surface area contributed by atoms with Gasteiger partial charge in [-0.1, -0.05) is 24.5 Å². The molecule has 2 fully saturated rings. The second kappa shape index (κ2) is 6.31. The van der Waals surface area contributed by atoms with Crippen LogP contribution in [-0.4, -0.2) is 25.9 Å². The number of nitrogens with one attached hydrogen (secondary N) is 1. The number of hydrogen-bond donors (Lipinski definition) is 1. The molecule has 4 rings (SSSR count). The van der Waals surface area contributed by atoms with E-state index in [0.29, 0.717) is 11.6 Å². The van der Waals surface area contributed by atoms with Crippen molar-refractivity contribution in [1.82, 2.24) is 25.3 Å². The number of carbonyl (C=O) groups excluding carboxylic acids is 1. The average molecular weight is 340 g/mol. The normalized spacial score (nSPS) is 20.6. The lowest BCUT2D eigenvalue weighted by molar-refractivity contribution is 0.0882. The van der Waals surface area contributed by atoms with Gasteiger partial charge < -0.3 is 9.73 Å². The van der Waals surface area contributed by atoms with Gasteiger partial charge in [0, 0.05) is 0 Å². The number of rotatable bonds is 5. The van der Waals surface area contributed by atoms with Gasteiger partial charge in [-0.05, 0) is 31.6 Å². The minimum atomic E-state index is -0.544. The lowest BCUT2D eigenvalue weighted by Gasteiger charge is -2.29. The van der Waals surface area contributed by atoms with Crippen LogP contribution in [0.1, 0.15) is 67.2 Å². The van der Waals surface area contributed by atoms with Crippen molar-refractivity contribution in [3.8, 4) is 6.07 Å². The van der Waals surface area contributed by atoms with E-state index >= 15 is 0 Å². The fraction of sp³-hybridized carbons (Fsp3) is 0.588. The molecule has 2 aromatic rings. The number of oxazole rings is 1. The van der Waals surface area contributed by atoms with Crippen LogP contribution >= 0.6 is 0 Å². The molecule has 0 aromatic carbocycles. The molecule has 0 unspecified atom stereocenters. The van der Waals surface area contributed by atoms with Gasteiger partial charge in [-0.2, -0.15) is 5.26 Å². The predicted molar refractivity (Wildman–Crippen MR) is 86.1 cm³/mol. The Morgan fingerprint density at radius 2 is 2.20 bits per heavy atom. The SMILES string of the molecule is N#CC1(n2cc([C@H](NC(=O)c3cnco3)C3CCCCC3)nn2)CC1. The van der Waals surface area contributed by atoms with E-state index in [1.807, 2.05) is 6.20 Å². The van der Waals surface area contributed by atoms with Crippen molar-refractivity contribution >= 4 is 5.91 Å². The molecule has 8 nitrogen and oxygen atoms in total. The van der Waals surface area contributed by atoms with Gasteiger partial charge in [-0.25, -0.2) is 9.67 Å². The Bertz CT molecular complexity index is 780. The standard InChI is InChI=1S/C17H20N6O2/c18-10-17(6-7-17)23-9-13(21-22-23)15(12-4-2-1-3-5-12)20-16(24)14-8-19-11-25-14/h8-9,11-12,15H,1-7H2,(H,20,24)/t15-/m1/s1. The maximum atomic E-state index is 12.5. The summed E-state index contributed by atoms with van der Waals surface area (Å²) in [6, 6.07) is 2.08. The first-order valence-electron chi connectivity index (χ1n) is 8.75. The minimum Gasteiger partial charge on any atom is -0.438 e. The van der Waals surface area contributed by atoms with E-state index in [-0.39, 0.29) is 17.7 Å². The maximum absolute atomic E-state index is 12.5. The van der Waals surface area contributed by atoms with E-state index in [0.717, 1.165) is 38.5 Å². The minimum absolute atomic E-state index is 0.184. The third kappa shape index (κ3) is 3.02. The molecule has 0 spiro atoms. The van der Waals surface area contributed by atoms with Gasteiger partial charge in [0.05, 0.1) is 24.5 Å². The summed E-state index contributed by atoms with van der Waals surface area (Å²) in [4.78, 5) is 16.2. The lowest BCUT2D eigenvalue weighted by Crippen LogP contribution is -2.34. The summed E-state index contributed by atoms with van der Waals surface area (Å²) < 4.78 is 6.75. The second-order valence-electron chi connectivity index (χ2n) is 6.95. The van der Waals surface area contributed by atoms with E-state index < -0.39 is 5.54 Å². The molecule has 0 saturated heterocycles. The maximum Gasteiger partial charge on any atom is 0.289 e. The van der Waals surface area contributed by atoms with Crippen LogP contribution in [0.25, 0.3) is 0 Å². The number of aromatic nitrogens is 4. The van der Waals surface area contributed by atoms with Crippen LogP contribution < -0.4 is 5.32 Å². The Balaban J connectivity index is 1.59. The molecule has 2 saturated carbocycles. The van der Waals surface area contributed by atoms with Crippen molar-refractivity contribution in [2.45, 2.75) is 56.5 Å². The zero-order valence-corrected chi connectivity index (χ0v) is 13.9. The van der Waals surface area contributed by atoms with Gasteiger partial charge in [0.1, 0.15) is 5.69 Å². The molecular formula is C17H20N6O2. The first kappa shape index (κ1) is 15.8. The van der Waals surface area contributed by atoms with Crippen LogP contribution in [0, 0.1) is 17.2 Å². The Kier molecular flexibility index (Phi) is 3.99. The summed E-state index contributed by atoms with van der Waals surface area (Å²) >= 11 is 0. The summed E-state index contributed by atoms with van der Waals surface area (Å²) in [7, 11) is 0. The summed E-state index contributed by atoms with van der Waals surface area (Å²) in [6.45, 7) is 0. The second-order valence-corrected chi connectivity index (χ2v) is 6.95. The smallest absolute Gasteiger partial charge is 0.289 e. The van der Waals surface area contributed by atoms with Crippen LogP contribution in [0.15, 0.2) is 23.2 Å². The average Bonchev–Trinajstić information content (AvgIpc) is 3.05. The molecule has 1 atom stereocenters. The Morgan fingerprint density at radius 1 is 1.40 bits per heavy atom. The Morgan fingerprint density at radius 3 is 2.84 bits per heavy atom. The van der Waals surface area contributed by atoms with Gasteiger partial charge in [0.15, 0.2) is 11.9 Å². The van der Waals surface area contributed by atoms with Crippen LogP contribution in [-0.2, 0) is 5.54 Å². The number of nitrogens with zero attached hydrogens (tertiary/aromatic N) is 5. The van der Waals surface area contributed by atoms with E-state index in [1.165, 1.54) is 19.0 Å². The topological polar surface area (TPSA) is 110 Å². The Hall–Kier alpha value is -2.69. The van der Waals surface area contributed by atoms with E-state index in [4.69, 9.17) is 4.42 Å². The van der Waals surface area contributed by atoms with Crippen molar-refractivity contribution < 1.29 is 9.21 Å². The number of amides is 1.